The van der Waals surface area contributed by atoms with Crippen LogP contribution in [-0.2, 0) is 22.7 Å². The molecule has 4 rings (SSSR count). The molecule has 0 bridgehead atoms. The van der Waals surface area contributed by atoms with Gasteiger partial charge < -0.3 is 9.15 Å². The van der Waals surface area contributed by atoms with Crippen molar-refractivity contribution in [3.8, 4) is 0 Å². The number of halogens is 1. The van der Waals surface area contributed by atoms with Crippen LogP contribution in [0.2, 0.25) is 4.34 Å². The van der Waals surface area contributed by atoms with Gasteiger partial charge in [-0.05, 0) is 12.1 Å². The average molecular weight is 377 g/mol. The van der Waals surface area contributed by atoms with E-state index in [0.29, 0.717) is 21.1 Å². The monoisotopic (exact) mass is 376 g/mol. The Hall–Kier alpha value is -2.78. The average Bonchev–Trinajstić information content (AvgIpc) is 3.19. The summed E-state index contributed by atoms with van der Waals surface area (Å²) in [7, 11) is 0. The van der Waals surface area contributed by atoms with Gasteiger partial charge >= 0.3 is 5.97 Å². The largest absolute Gasteiger partial charge is 0.458 e. The summed E-state index contributed by atoms with van der Waals surface area (Å²) >= 11 is 6.84. The third-order valence-electron chi connectivity index (χ3n) is 3.53. The molecule has 4 aromatic rings. The molecule has 0 spiro atoms. The molecule has 10 heteroatoms. The van der Waals surface area contributed by atoms with Crippen LogP contribution in [-0.4, -0.2) is 25.1 Å². The lowest BCUT2D eigenvalue weighted by molar-refractivity contribution is -0.145. The van der Waals surface area contributed by atoms with Gasteiger partial charge in [-0.25, -0.2) is 4.98 Å². The van der Waals surface area contributed by atoms with Crippen molar-refractivity contribution in [1.29, 1.82) is 0 Å². The number of carbonyl (C=O) groups is 1. The van der Waals surface area contributed by atoms with Gasteiger partial charge in [0.05, 0.1) is 6.33 Å². The van der Waals surface area contributed by atoms with E-state index in [1.165, 1.54) is 6.33 Å². The molecule has 0 aliphatic carbocycles. The van der Waals surface area contributed by atoms with Crippen molar-refractivity contribution in [3.05, 3.63) is 51.0 Å². The molecule has 0 unspecified atom stereocenters. The van der Waals surface area contributed by atoms with Crippen LogP contribution in [0.4, 0.5) is 0 Å². The SMILES string of the molecule is O=C(Cn1cnc2c(oc3ccccc32)c1=O)OCc1nnsc1Cl. The predicted octanol–water partition coefficient (Wildman–Crippen LogP) is 2.39. The summed E-state index contributed by atoms with van der Waals surface area (Å²) in [6.07, 6.45) is 1.30. The summed E-state index contributed by atoms with van der Waals surface area (Å²) in [6.45, 7) is -0.406. The first-order valence-electron chi connectivity index (χ1n) is 7.12. The Morgan fingerprint density at radius 3 is 3.00 bits per heavy atom. The second-order valence-electron chi connectivity index (χ2n) is 5.11. The zero-order chi connectivity index (χ0) is 17.4. The van der Waals surface area contributed by atoms with Crippen molar-refractivity contribution < 1.29 is 13.9 Å². The van der Waals surface area contributed by atoms with Crippen molar-refractivity contribution in [2.24, 2.45) is 0 Å². The molecule has 0 aliphatic heterocycles. The van der Waals surface area contributed by atoms with E-state index in [0.717, 1.165) is 21.5 Å². The molecule has 0 fully saturated rings. The molecular formula is C15H9ClN4O4S. The second-order valence-corrected chi connectivity index (χ2v) is 6.46. The number of ether oxygens (including phenoxy) is 1. The minimum Gasteiger partial charge on any atom is -0.458 e. The molecule has 0 N–H and O–H groups in total. The molecule has 126 valence electrons. The van der Waals surface area contributed by atoms with Gasteiger partial charge in [0, 0.05) is 16.9 Å². The molecule has 3 heterocycles. The van der Waals surface area contributed by atoms with E-state index in [4.69, 9.17) is 20.8 Å². The predicted molar refractivity (Wildman–Crippen MR) is 90.5 cm³/mol. The summed E-state index contributed by atoms with van der Waals surface area (Å²) in [6, 6.07) is 7.21. The topological polar surface area (TPSA) is 100 Å². The summed E-state index contributed by atoms with van der Waals surface area (Å²) < 4.78 is 15.8. The van der Waals surface area contributed by atoms with Crippen LogP contribution < -0.4 is 5.56 Å². The summed E-state index contributed by atoms with van der Waals surface area (Å²) in [4.78, 5) is 28.7. The highest BCUT2D eigenvalue weighted by Gasteiger charge is 2.15. The van der Waals surface area contributed by atoms with Gasteiger partial charge in [0.25, 0.3) is 5.56 Å². The van der Waals surface area contributed by atoms with Crippen molar-refractivity contribution >= 4 is 51.2 Å². The van der Waals surface area contributed by atoms with E-state index in [1.807, 2.05) is 12.1 Å². The van der Waals surface area contributed by atoms with E-state index in [1.54, 1.807) is 12.1 Å². The summed E-state index contributed by atoms with van der Waals surface area (Å²) in [5, 5.41) is 4.49. The number of para-hydroxylation sites is 1. The lowest BCUT2D eigenvalue weighted by atomic mass is 10.2. The highest BCUT2D eigenvalue weighted by atomic mass is 35.5. The van der Waals surface area contributed by atoms with Gasteiger partial charge in [-0.3, -0.25) is 14.2 Å². The highest BCUT2D eigenvalue weighted by Crippen LogP contribution is 2.24. The number of benzene rings is 1. The summed E-state index contributed by atoms with van der Waals surface area (Å²) in [5.41, 5.74) is 1.05. The molecule has 0 aliphatic rings. The zero-order valence-corrected chi connectivity index (χ0v) is 14.1. The maximum Gasteiger partial charge on any atom is 0.326 e. The Kier molecular flexibility index (Phi) is 3.94. The van der Waals surface area contributed by atoms with Gasteiger partial charge in [-0.2, -0.15) is 0 Å². The summed E-state index contributed by atoms with van der Waals surface area (Å²) in [5.74, 6) is -0.622. The number of esters is 1. The van der Waals surface area contributed by atoms with E-state index in [2.05, 4.69) is 14.6 Å². The van der Waals surface area contributed by atoms with Crippen LogP contribution >= 0.6 is 23.1 Å². The smallest absolute Gasteiger partial charge is 0.326 e. The van der Waals surface area contributed by atoms with Gasteiger partial charge in [-0.1, -0.05) is 28.2 Å². The first kappa shape index (κ1) is 15.7. The lowest BCUT2D eigenvalue weighted by Gasteiger charge is -2.05. The fourth-order valence-corrected chi connectivity index (χ4v) is 2.95. The van der Waals surface area contributed by atoms with Gasteiger partial charge in [-0.15, -0.1) is 5.10 Å². The number of rotatable bonds is 4. The van der Waals surface area contributed by atoms with E-state index < -0.39 is 11.5 Å². The van der Waals surface area contributed by atoms with E-state index in [9.17, 15) is 9.59 Å². The number of hydrogen-bond acceptors (Lipinski definition) is 8. The first-order chi connectivity index (χ1) is 12.1. The fraction of sp³-hybridized carbons (Fsp3) is 0.133. The quantitative estimate of drug-likeness (QED) is 0.504. The molecule has 0 amide bonds. The Bertz CT molecular complexity index is 1150. The number of aromatic nitrogens is 4. The number of hydrogen-bond donors (Lipinski definition) is 0. The highest BCUT2D eigenvalue weighted by molar-refractivity contribution is 7.10. The van der Waals surface area contributed by atoms with Crippen molar-refractivity contribution in [2.75, 3.05) is 0 Å². The van der Waals surface area contributed by atoms with Crippen LogP contribution in [0.1, 0.15) is 5.69 Å². The minimum atomic E-state index is -0.622. The third kappa shape index (κ3) is 2.87. The second kappa shape index (κ2) is 6.26. The third-order valence-corrected chi connectivity index (χ3v) is 4.51. The maximum absolute atomic E-state index is 12.5. The zero-order valence-electron chi connectivity index (χ0n) is 12.5. The Morgan fingerprint density at radius 2 is 2.20 bits per heavy atom. The number of furan rings is 1. The van der Waals surface area contributed by atoms with Crippen LogP contribution in [0.5, 0.6) is 0 Å². The van der Waals surface area contributed by atoms with E-state index >= 15 is 0 Å². The Balaban J connectivity index is 1.58. The van der Waals surface area contributed by atoms with Crippen LogP contribution in [0.15, 0.2) is 39.8 Å². The van der Waals surface area contributed by atoms with E-state index in [-0.39, 0.29) is 18.7 Å². The van der Waals surface area contributed by atoms with Crippen LogP contribution in [0, 0.1) is 0 Å². The van der Waals surface area contributed by atoms with Crippen molar-refractivity contribution in [3.63, 3.8) is 0 Å². The molecule has 25 heavy (non-hydrogen) atoms. The molecular weight excluding hydrogens is 368 g/mol. The number of carbonyl (C=O) groups excluding carboxylic acids is 1. The van der Waals surface area contributed by atoms with Gasteiger partial charge in [0.1, 0.15) is 34.3 Å². The van der Waals surface area contributed by atoms with Gasteiger partial charge in [0.2, 0.25) is 5.58 Å². The Morgan fingerprint density at radius 1 is 1.36 bits per heavy atom. The standard InChI is InChI=1S/C15H9ClN4O4S/c16-14-9(18-19-25-14)6-23-11(21)5-20-7-17-12-8-3-1-2-4-10(8)24-13(12)15(20)22/h1-4,7H,5-6H2. The van der Waals surface area contributed by atoms with Crippen molar-refractivity contribution in [1.82, 2.24) is 19.1 Å². The first-order valence-corrected chi connectivity index (χ1v) is 8.27. The van der Waals surface area contributed by atoms with Crippen LogP contribution in [0.3, 0.4) is 0 Å². The lowest BCUT2D eigenvalue weighted by Crippen LogP contribution is -2.25. The normalized spacial score (nSPS) is 11.2. The number of fused-ring (bicyclic) bond motifs is 3. The number of nitrogens with zero attached hydrogens (tertiary/aromatic N) is 4. The maximum atomic E-state index is 12.5. The molecule has 8 nitrogen and oxygen atoms in total. The Labute approximate surface area is 148 Å². The van der Waals surface area contributed by atoms with Crippen molar-refractivity contribution in [2.45, 2.75) is 13.2 Å². The van der Waals surface area contributed by atoms with Crippen LogP contribution in [0.25, 0.3) is 22.1 Å². The molecule has 0 atom stereocenters. The molecule has 0 radical (unpaired) electrons. The molecule has 0 saturated heterocycles. The molecule has 3 aromatic heterocycles. The minimum absolute atomic E-state index is 0.100. The fourth-order valence-electron chi connectivity index (χ4n) is 2.34. The van der Waals surface area contributed by atoms with Gasteiger partial charge in [0.15, 0.2) is 0 Å². The molecule has 1 aromatic carbocycles. The molecule has 0 saturated carbocycles.